The van der Waals surface area contributed by atoms with Gasteiger partial charge in [0.25, 0.3) is 0 Å². The first kappa shape index (κ1) is 9.72. The molecule has 0 fully saturated rings. The fourth-order valence-electron chi connectivity index (χ4n) is 2.21. The normalized spacial score (nSPS) is 18.3. The standard InChI is InChI=1S/C13H17O/c1-4-13(14)7-11-5-9(2)10(3)6-12(11)8-13/h5-6,14H,1,4,7-8H2,2-3H3. The van der Waals surface area contributed by atoms with E-state index in [1.165, 1.54) is 22.3 Å². The van der Waals surface area contributed by atoms with Crippen LogP contribution in [0.2, 0.25) is 0 Å². The van der Waals surface area contributed by atoms with Crippen LogP contribution in [0.4, 0.5) is 0 Å². The molecular formula is C13H17O. The highest BCUT2D eigenvalue weighted by atomic mass is 16.3. The maximum atomic E-state index is 10.1. The van der Waals surface area contributed by atoms with Gasteiger partial charge in [-0.3, -0.25) is 0 Å². The molecular weight excluding hydrogens is 172 g/mol. The van der Waals surface area contributed by atoms with Crippen molar-refractivity contribution < 1.29 is 5.11 Å². The molecule has 1 aliphatic rings. The number of aliphatic hydroxyl groups is 1. The largest absolute Gasteiger partial charge is 0.389 e. The summed E-state index contributed by atoms with van der Waals surface area (Å²) in [6, 6.07) is 4.41. The second-order valence-electron chi connectivity index (χ2n) is 4.53. The van der Waals surface area contributed by atoms with Crippen molar-refractivity contribution in [2.45, 2.75) is 38.7 Å². The Morgan fingerprint density at radius 1 is 1.21 bits per heavy atom. The molecule has 0 heterocycles. The average Bonchev–Trinajstić information content (AvgIpc) is 2.43. The second-order valence-corrected chi connectivity index (χ2v) is 4.53. The topological polar surface area (TPSA) is 20.2 Å². The summed E-state index contributed by atoms with van der Waals surface area (Å²) >= 11 is 0. The van der Waals surface area contributed by atoms with E-state index in [0.29, 0.717) is 6.42 Å². The molecule has 1 N–H and O–H groups in total. The Bertz CT molecular complexity index is 335. The molecule has 0 atom stereocenters. The molecule has 0 bridgehead atoms. The van der Waals surface area contributed by atoms with Gasteiger partial charge in [0.15, 0.2) is 0 Å². The van der Waals surface area contributed by atoms with Crippen molar-refractivity contribution in [2.24, 2.45) is 0 Å². The van der Waals surface area contributed by atoms with Crippen LogP contribution in [-0.4, -0.2) is 10.7 Å². The lowest BCUT2D eigenvalue weighted by atomic mass is 9.97. The highest BCUT2D eigenvalue weighted by molar-refractivity contribution is 5.42. The van der Waals surface area contributed by atoms with E-state index in [1.54, 1.807) is 0 Å². The Morgan fingerprint density at radius 2 is 1.64 bits per heavy atom. The summed E-state index contributed by atoms with van der Waals surface area (Å²) in [4.78, 5) is 0. The van der Waals surface area contributed by atoms with E-state index >= 15 is 0 Å². The van der Waals surface area contributed by atoms with E-state index in [-0.39, 0.29) is 0 Å². The molecule has 1 aliphatic carbocycles. The average molecular weight is 189 g/mol. The van der Waals surface area contributed by atoms with E-state index in [1.807, 2.05) is 0 Å². The molecule has 1 aromatic carbocycles. The Labute approximate surface area is 85.8 Å². The maximum Gasteiger partial charge on any atom is 0.0728 e. The van der Waals surface area contributed by atoms with Crippen LogP contribution in [0.3, 0.4) is 0 Å². The highest BCUT2D eigenvalue weighted by Gasteiger charge is 2.33. The van der Waals surface area contributed by atoms with Gasteiger partial charge in [0, 0.05) is 12.8 Å². The predicted octanol–water partition coefficient (Wildman–Crippen LogP) is 2.36. The lowest BCUT2D eigenvalue weighted by molar-refractivity contribution is 0.0539. The van der Waals surface area contributed by atoms with Crippen molar-refractivity contribution in [3.63, 3.8) is 0 Å². The fourth-order valence-corrected chi connectivity index (χ4v) is 2.21. The van der Waals surface area contributed by atoms with Crippen molar-refractivity contribution in [2.75, 3.05) is 0 Å². The quantitative estimate of drug-likeness (QED) is 0.719. The van der Waals surface area contributed by atoms with Crippen LogP contribution in [0.15, 0.2) is 12.1 Å². The molecule has 0 aromatic heterocycles. The zero-order valence-electron chi connectivity index (χ0n) is 8.93. The van der Waals surface area contributed by atoms with Gasteiger partial charge in [-0.25, -0.2) is 0 Å². The first-order chi connectivity index (χ1) is 6.54. The fraction of sp³-hybridized carbons (Fsp3) is 0.462. The third-order valence-corrected chi connectivity index (χ3v) is 3.32. The summed E-state index contributed by atoms with van der Waals surface area (Å²) < 4.78 is 0. The monoisotopic (exact) mass is 189 g/mol. The summed E-state index contributed by atoms with van der Waals surface area (Å²) in [7, 11) is 0. The molecule has 1 nitrogen and oxygen atoms in total. The lowest BCUT2D eigenvalue weighted by Gasteiger charge is -2.18. The van der Waals surface area contributed by atoms with Gasteiger partial charge in [0.2, 0.25) is 0 Å². The molecule has 0 amide bonds. The zero-order chi connectivity index (χ0) is 10.3. The van der Waals surface area contributed by atoms with Crippen LogP contribution in [0, 0.1) is 20.8 Å². The lowest BCUT2D eigenvalue weighted by Crippen LogP contribution is -2.27. The van der Waals surface area contributed by atoms with E-state index in [0.717, 1.165) is 12.8 Å². The Morgan fingerprint density at radius 3 is 2.00 bits per heavy atom. The van der Waals surface area contributed by atoms with Crippen LogP contribution in [0.1, 0.15) is 28.7 Å². The van der Waals surface area contributed by atoms with Gasteiger partial charge in [-0.1, -0.05) is 19.1 Å². The smallest absolute Gasteiger partial charge is 0.0728 e. The molecule has 1 aromatic rings. The molecule has 2 rings (SSSR count). The predicted molar refractivity (Wildman–Crippen MR) is 58.2 cm³/mol. The number of rotatable bonds is 1. The van der Waals surface area contributed by atoms with Crippen LogP contribution < -0.4 is 0 Å². The van der Waals surface area contributed by atoms with Crippen LogP contribution in [0.25, 0.3) is 0 Å². The molecule has 75 valence electrons. The van der Waals surface area contributed by atoms with Crippen LogP contribution in [0.5, 0.6) is 0 Å². The summed E-state index contributed by atoms with van der Waals surface area (Å²) in [5, 5.41) is 10.1. The number of aryl methyl sites for hydroxylation is 2. The number of fused-ring (bicyclic) bond motifs is 1. The number of benzene rings is 1. The number of hydrogen-bond donors (Lipinski definition) is 1. The van der Waals surface area contributed by atoms with Crippen molar-refractivity contribution in [1.29, 1.82) is 0 Å². The number of hydrogen-bond acceptors (Lipinski definition) is 1. The second kappa shape index (κ2) is 3.09. The minimum atomic E-state index is -0.581. The SMILES string of the molecule is [CH2]CC1(O)Cc2cc(C)c(C)cc2C1. The molecule has 0 spiro atoms. The maximum absolute atomic E-state index is 10.1. The third kappa shape index (κ3) is 1.46. The van der Waals surface area contributed by atoms with E-state index in [2.05, 4.69) is 32.9 Å². The van der Waals surface area contributed by atoms with Gasteiger partial charge in [-0.15, -0.1) is 0 Å². The first-order valence-corrected chi connectivity index (χ1v) is 5.15. The van der Waals surface area contributed by atoms with Crippen molar-refractivity contribution in [3.8, 4) is 0 Å². The molecule has 14 heavy (non-hydrogen) atoms. The summed E-state index contributed by atoms with van der Waals surface area (Å²) in [6.07, 6.45) is 2.14. The van der Waals surface area contributed by atoms with Gasteiger partial charge in [-0.05, 0) is 42.5 Å². The van der Waals surface area contributed by atoms with Gasteiger partial charge in [-0.2, -0.15) is 0 Å². The van der Waals surface area contributed by atoms with E-state index in [4.69, 9.17) is 0 Å². The Balaban J connectivity index is 2.41. The van der Waals surface area contributed by atoms with Crippen molar-refractivity contribution in [1.82, 2.24) is 0 Å². The van der Waals surface area contributed by atoms with Crippen molar-refractivity contribution >= 4 is 0 Å². The summed E-state index contributed by atoms with van der Waals surface area (Å²) in [5.41, 5.74) is 4.66. The van der Waals surface area contributed by atoms with E-state index < -0.39 is 5.60 Å². The van der Waals surface area contributed by atoms with Crippen molar-refractivity contribution in [3.05, 3.63) is 41.3 Å². The molecule has 1 radical (unpaired) electrons. The first-order valence-electron chi connectivity index (χ1n) is 5.15. The Kier molecular flexibility index (Phi) is 2.15. The van der Waals surface area contributed by atoms with Gasteiger partial charge in [0.1, 0.15) is 0 Å². The van der Waals surface area contributed by atoms with Gasteiger partial charge < -0.3 is 5.11 Å². The summed E-state index contributed by atoms with van der Waals surface area (Å²) in [5.74, 6) is 0. The molecule has 1 heteroatoms. The van der Waals surface area contributed by atoms with E-state index in [9.17, 15) is 5.11 Å². The Hall–Kier alpha value is -0.820. The highest BCUT2D eigenvalue weighted by Crippen LogP contribution is 2.33. The van der Waals surface area contributed by atoms with Crippen LogP contribution >= 0.6 is 0 Å². The van der Waals surface area contributed by atoms with Crippen LogP contribution in [-0.2, 0) is 12.8 Å². The third-order valence-electron chi connectivity index (χ3n) is 3.32. The molecule has 0 saturated carbocycles. The molecule has 0 unspecified atom stereocenters. The zero-order valence-corrected chi connectivity index (χ0v) is 8.93. The summed E-state index contributed by atoms with van der Waals surface area (Å²) in [6.45, 7) is 8.06. The molecule has 0 saturated heterocycles. The van der Waals surface area contributed by atoms with Gasteiger partial charge in [0.05, 0.1) is 5.60 Å². The minimum Gasteiger partial charge on any atom is -0.389 e. The van der Waals surface area contributed by atoms with Gasteiger partial charge >= 0.3 is 0 Å². The molecule has 0 aliphatic heterocycles. The minimum absolute atomic E-state index is 0.581.